The summed E-state index contributed by atoms with van der Waals surface area (Å²) in [6.45, 7) is 5.23. The average Bonchev–Trinajstić information content (AvgIpc) is 2.90. The SMILES string of the molecule is CC(C)c1ccn(Cc2ccncc2)c1Sc1cc(Cl)cc(Cl)c1. The lowest BCUT2D eigenvalue weighted by molar-refractivity contribution is 0.707. The van der Waals surface area contributed by atoms with Crippen LogP contribution in [0.15, 0.2) is 64.9 Å². The molecule has 24 heavy (non-hydrogen) atoms. The highest BCUT2D eigenvalue weighted by atomic mass is 35.5. The Morgan fingerprint density at radius 2 is 1.71 bits per heavy atom. The molecule has 0 aliphatic heterocycles. The maximum atomic E-state index is 6.15. The molecule has 0 saturated heterocycles. The normalized spacial score (nSPS) is 11.2. The largest absolute Gasteiger partial charge is 0.338 e. The highest BCUT2D eigenvalue weighted by Gasteiger charge is 2.14. The standard InChI is InChI=1S/C19H18Cl2N2S/c1-13(2)18-5-8-23(12-14-3-6-22-7-4-14)19(18)24-17-10-15(20)9-16(21)11-17/h3-11,13H,12H2,1-2H3. The molecule has 0 radical (unpaired) electrons. The van der Waals surface area contributed by atoms with Crippen LogP contribution in [0.25, 0.3) is 0 Å². The molecule has 124 valence electrons. The molecule has 1 aromatic carbocycles. The minimum Gasteiger partial charge on any atom is -0.338 e. The van der Waals surface area contributed by atoms with Gasteiger partial charge in [0.1, 0.15) is 0 Å². The first-order valence-electron chi connectivity index (χ1n) is 7.75. The van der Waals surface area contributed by atoms with Crippen molar-refractivity contribution in [3.63, 3.8) is 0 Å². The number of halogens is 2. The van der Waals surface area contributed by atoms with E-state index in [0.29, 0.717) is 16.0 Å². The van der Waals surface area contributed by atoms with E-state index < -0.39 is 0 Å². The summed E-state index contributed by atoms with van der Waals surface area (Å²) < 4.78 is 2.27. The Bertz CT molecular complexity index is 808. The molecule has 0 aliphatic carbocycles. The summed E-state index contributed by atoms with van der Waals surface area (Å²) in [5.74, 6) is 0.445. The summed E-state index contributed by atoms with van der Waals surface area (Å²) in [5.41, 5.74) is 2.55. The Balaban J connectivity index is 1.96. The van der Waals surface area contributed by atoms with Crippen LogP contribution in [0.4, 0.5) is 0 Å². The van der Waals surface area contributed by atoms with Gasteiger partial charge in [0.15, 0.2) is 0 Å². The second-order valence-electron chi connectivity index (χ2n) is 5.92. The minimum atomic E-state index is 0.445. The first-order valence-corrected chi connectivity index (χ1v) is 9.32. The van der Waals surface area contributed by atoms with E-state index in [-0.39, 0.29) is 0 Å². The second kappa shape index (κ2) is 7.64. The van der Waals surface area contributed by atoms with E-state index in [4.69, 9.17) is 23.2 Å². The van der Waals surface area contributed by atoms with E-state index in [9.17, 15) is 0 Å². The van der Waals surface area contributed by atoms with Crippen LogP contribution < -0.4 is 0 Å². The highest BCUT2D eigenvalue weighted by molar-refractivity contribution is 7.99. The van der Waals surface area contributed by atoms with E-state index in [2.05, 4.69) is 35.7 Å². The molecule has 0 fully saturated rings. The third-order valence-corrected chi connectivity index (χ3v) is 5.29. The van der Waals surface area contributed by atoms with E-state index in [1.54, 1.807) is 17.8 Å². The minimum absolute atomic E-state index is 0.445. The molecule has 0 amide bonds. The number of nitrogens with zero attached hydrogens (tertiary/aromatic N) is 2. The van der Waals surface area contributed by atoms with Gasteiger partial charge in [-0.2, -0.15) is 0 Å². The monoisotopic (exact) mass is 376 g/mol. The van der Waals surface area contributed by atoms with Gasteiger partial charge in [-0.15, -0.1) is 0 Å². The van der Waals surface area contributed by atoms with Gasteiger partial charge in [0.2, 0.25) is 0 Å². The third-order valence-electron chi connectivity index (χ3n) is 3.72. The molecule has 0 saturated carbocycles. The molecule has 0 aliphatic rings. The Morgan fingerprint density at radius 1 is 1.04 bits per heavy atom. The fraction of sp³-hybridized carbons (Fsp3) is 0.211. The maximum Gasteiger partial charge on any atom is 0.0834 e. The van der Waals surface area contributed by atoms with Crippen molar-refractivity contribution in [2.75, 3.05) is 0 Å². The van der Waals surface area contributed by atoms with E-state index >= 15 is 0 Å². The van der Waals surface area contributed by atoms with Gasteiger partial charge in [-0.3, -0.25) is 4.98 Å². The summed E-state index contributed by atoms with van der Waals surface area (Å²) in [6, 6.07) is 11.9. The Morgan fingerprint density at radius 3 is 2.33 bits per heavy atom. The van der Waals surface area contributed by atoms with Crippen LogP contribution in [0.5, 0.6) is 0 Å². The summed E-state index contributed by atoms with van der Waals surface area (Å²) >= 11 is 14.0. The van der Waals surface area contributed by atoms with Crippen LogP contribution in [-0.4, -0.2) is 9.55 Å². The van der Waals surface area contributed by atoms with E-state index in [1.807, 2.05) is 36.7 Å². The van der Waals surface area contributed by atoms with Crippen molar-refractivity contribution >= 4 is 35.0 Å². The fourth-order valence-corrected chi connectivity index (χ4v) is 4.46. The molecule has 5 heteroatoms. The summed E-state index contributed by atoms with van der Waals surface area (Å²) in [5, 5.41) is 2.53. The zero-order chi connectivity index (χ0) is 17.1. The lowest BCUT2D eigenvalue weighted by Crippen LogP contribution is -2.01. The molecule has 0 bridgehead atoms. The van der Waals surface area contributed by atoms with E-state index in [1.165, 1.54) is 16.2 Å². The highest BCUT2D eigenvalue weighted by Crippen LogP contribution is 2.37. The van der Waals surface area contributed by atoms with Gasteiger partial charge < -0.3 is 4.57 Å². The predicted octanol–water partition coefficient (Wildman–Crippen LogP) is 6.51. The van der Waals surface area contributed by atoms with E-state index in [0.717, 1.165) is 11.4 Å². The predicted molar refractivity (Wildman–Crippen MR) is 102 cm³/mol. The second-order valence-corrected chi connectivity index (χ2v) is 7.86. The molecule has 3 aromatic rings. The van der Waals surface area contributed by atoms with Crippen LogP contribution >= 0.6 is 35.0 Å². The van der Waals surface area contributed by atoms with Crippen LogP contribution in [0.2, 0.25) is 10.0 Å². The lowest BCUT2D eigenvalue weighted by atomic mass is 10.1. The topological polar surface area (TPSA) is 17.8 Å². The molecule has 0 unspecified atom stereocenters. The molecule has 0 atom stereocenters. The third kappa shape index (κ3) is 4.15. The zero-order valence-electron chi connectivity index (χ0n) is 13.5. The van der Waals surface area contributed by atoms with Crippen LogP contribution in [0.1, 0.15) is 30.9 Å². The number of hydrogen-bond acceptors (Lipinski definition) is 2. The van der Waals surface area contributed by atoms with Crippen LogP contribution in [-0.2, 0) is 6.54 Å². The Kier molecular flexibility index (Phi) is 5.54. The van der Waals surface area contributed by atoms with Crippen LogP contribution in [0.3, 0.4) is 0 Å². The van der Waals surface area contributed by atoms with Gasteiger partial charge in [-0.05, 0) is 53.4 Å². The molecule has 2 aromatic heterocycles. The molecule has 0 spiro atoms. The number of hydrogen-bond donors (Lipinski definition) is 0. The number of aromatic nitrogens is 2. The van der Waals surface area contributed by atoms with Crippen LogP contribution in [0, 0.1) is 0 Å². The van der Waals surface area contributed by atoms with Crippen molar-refractivity contribution in [1.82, 2.24) is 9.55 Å². The van der Waals surface area contributed by atoms with Crippen molar-refractivity contribution in [1.29, 1.82) is 0 Å². The molecule has 3 rings (SSSR count). The van der Waals surface area contributed by atoms with Gasteiger partial charge in [-0.25, -0.2) is 0 Å². The average molecular weight is 377 g/mol. The zero-order valence-corrected chi connectivity index (χ0v) is 15.9. The molecular weight excluding hydrogens is 359 g/mol. The number of benzene rings is 1. The first kappa shape index (κ1) is 17.4. The van der Waals surface area contributed by atoms with Crippen molar-refractivity contribution in [3.8, 4) is 0 Å². The van der Waals surface area contributed by atoms with Gasteiger partial charge in [0, 0.05) is 40.1 Å². The molecular formula is C19H18Cl2N2S. The molecule has 0 N–H and O–H groups in total. The maximum absolute atomic E-state index is 6.15. The van der Waals surface area contributed by atoms with Crippen molar-refractivity contribution < 1.29 is 0 Å². The van der Waals surface area contributed by atoms with Gasteiger partial charge in [0.05, 0.1) is 5.03 Å². The Hall–Kier alpha value is -1.42. The summed E-state index contributed by atoms with van der Waals surface area (Å²) in [7, 11) is 0. The quantitative estimate of drug-likeness (QED) is 0.504. The first-order chi connectivity index (χ1) is 11.5. The van der Waals surface area contributed by atoms with Crippen molar-refractivity contribution in [2.24, 2.45) is 0 Å². The number of rotatable bonds is 5. The van der Waals surface area contributed by atoms with Gasteiger partial charge in [0.25, 0.3) is 0 Å². The Labute approximate surface area is 156 Å². The van der Waals surface area contributed by atoms with Crippen molar-refractivity contribution in [2.45, 2.75) is 36.2 Å². The summed E-state index contributed by atoms with van der Waals surface area (Å²) in [6.07, 6.45) is 5.79. The molecule has 2 nitrogen and oxygen atoms in total. The molecule has 2 heterocycles. The number of pyridine rings is 1. The van der Waals surface area contributed by atoms with Crippen molar-refractivity contribution in [3.05, 3.63) is 76.2 Å². The lowest BCUT2D eigenvalue weighted by Gasteiger charge is -2.13. The smallest absolute Gasteiger partial charge is 0.0834 e. The van der Waals surface area contributed by atoms with Gasteiger partial charge in [-0.1, -0.05) is 48.8 Å². The summed E-state index contributed by atoms with van der Waals surface area (Å²) in [4.78, 5) is 5.13. The fourth-order valence-electron chi connectivity index (χ4n) is 2.54. The van der Waals surface area contributed by atoms with Gasteiger partial charge >= 0.3 is 0 Å².